The minimum atomic E-state index is -0.0388. The maximum atomic E-state index is 15.4. The fourth-order valence-corrected chi connectivity index (χ4v) is 5.01. The maximum Gasteiger partial charge on any atom is 0.134 e. The van der Waals surface area contributed by atoms with Gasteiger partial charge in [0, 0.05) is 16.5 Å². The van der Waals surface area contributed by atoms with Crippen LogP contribution in [0.2, 0.25) is 0 Å². The van der Waals surface area contributed by atoms with Crippen LogP contribution in [0.15, 0.2) is 67.3 Å². The van der Waals surface area contributed by atoms with Gasteiger partial charge in [-0.15, -0.1) is 6.58 Å². The Hall–Kier alpha value is -2.85. The minimum absolute atomic E-state index is 0.0388. The van der Waals surface area contributed by atoms with Gasteiger partial charge in [-0.1, -0.05) is 61.6 Å². The SMILES string of the molecule is C=CCCC1CCC(c2ccc3cc(C#Cc4ccc(CCC)cc4)ccc3c2F)CC1. The highest BCUT2D eigenvalue weighted by Crippen LogP contribution is 2.39. The van der Waals surface area contributed by atoms with E-state index in [1.165, 1.54) is 24.8 Å². The summed E-state index contributed by atoms with van der Waals surface area (Å²) in [6, 6.07) is 18.4. The van der Waals surface area contributed by atoms with Crippen LogP contribution in [0.1, 0.15) is 80.0 Å². The van der Waals surface area contributed by atoms with E-state index in [0.717, 1.165) is 60.1 Å². The van der Waals surface area contributed by atoms with E-state index >= 15 is 4.39 Å². The summed E-state index contributed by atoms with van der Waals surface area (Å²) < 4.78 is 15.4. The molecule has 0 unspecified atom stereocenters. The molecular weight excluding hydrogens is 391 g/mol. The van der Waals surface area contributed by atoms with Crippen molar-refractivity contribution in [3.05, 3.63) is 95.3 Å². The van der Waals surface area contributed by atoms with Gasteiger partial charge in [0.2, 0.25) is 0 Å². The number of halogens is 1. The van der Waals surface area contributed by atoms with Gasteiger partial charge in [-0.25, -0.2) is 4.39 Å². The van der Waals surface area contributed by atoms with Crippen molar-refractivity contribution in [1.82, 2.24) is 0 Å². The maximum absolute atomic E-state index is 15.4. The molecule has 0 amide bonds. The van der Waals surface area contributed by atoms with Gasteiger partial charge in [-0.3, -0.25) is 0 Å². The zero-order valence-corrected chi connectivity index (χ0v) is 19.2. The van der Waals surface area contributed by atoms with Crippen molar-refractivity contribution in [3.8, 4) is 11.8 Å². The van der Waals surface area contributed by atoms with Crippen LogP contribution in [0, 0.1) is 23.6 Å². The Morgan fingerprint density at radius 1 is 0.938 bits per heavy atom. The fourth-order valence-electron chi connectivity index (χ4n) is 5.01. The van der Waals surface area contributed by atoms with E-state index in [1.54, 1.807) is 0 Å². The Morgan fingerprint density at radius 2 is 1.66 bits per heavy atom. The van der Waals surface area contributed by atoms with Gasteiger partial charge in [-0.2, -0.15) is 0 Å². The van der Waals surface area contributed by atoms with Crippen LogP contribution in [-0.4, -0.2) is 0 Å². The third-order valence-electron chi connectivity index (χ3n) is 6.89. The van der Waals surface area contributed by atoms with Crippen molar-refractivity contribution in [2.75, 3.05) is 0 Å². The zero-order valence-electron chi connectivity index (χ0n) is 19.2. The first kappa shape index (κ1) is 22.3. The van der Waals surface area contributed by atoms with E-state index in [9.17, 15) is 0 Å². The van der Waals surface area contributed by atoms with Crippen molar-refractivity contribution >= 4 is 10.8 Å². The van der Waals surface area contributed by atoms with Crippen molar-refractivity contribution < 1.29 is 4.39 Å². The largest absolute Gasteiger partial charge is 0.206 e. The molecule has 0 saturated heterocycles. The molecule has 3 aromatic carbocycles. The number of aryl methyl sites for hydroxylation is 1. The van der Waals surface area contributed by atoms with Crippen LogP contribution in [0.3, 0.4) is 0 Å². The molecule has 0 N–H and O–H groups in total. The molecule has 0 bridgehead atoms. The Kier molecular flexibility index (Phi) is 7.43. The lowest BCUT2D eigenvalue weighted by Gasteiger charge is -2.29. The Labute approximate surface area is 192 Å². The average molecular weight is 425 g/mol. The van der Waals surface area contributed by atoms with E-state index in [1.807, 2.05) is 30.3 Å². The molecule has 0 spiro atoms. The molecule has 1 aliphatic rings. The van der Waals surface area contributed by atoms with Crippen LogP contribution in [-0.2, 0) is 6.42 Å². The van der Waals surface area contributed by atoms with E-state index in [0.29, 0.717) is 11.3 Å². The van der Waals surface area contributed by atoms with Gasteiger partial charge >= 0.3 is 0 Å². The zero-order chi connectivity index (χ0) is 22.3. The molecule has 0 heterocycles. The standard InChI is InChI=1S/C31H33F/c1-3-5-7-24-14-17-27(18-15-24)29-21-19-28-22-26(16-20-30(28)31(29)32)13-12-25-10-8-23(6-4-2)9-11-25/h3,8-11,16,19-22,24,27H,1,4-7,14-15,17-18H2,2H3. The monoisotopic (exact) mass is 424 g/mol. The van der Waals surface area contributed by atoms with Crippen molar-refractivity contribution in [3.63, 3.8) is 0 Å². The lowest BCUT2D eigenvalue weighted by molar-refractivity contribution is 0.308. The molecule has 1 heteroatoms. The number of allylic oxidation sites excluding steroid dienone is 1. The number of hydrogen-bond acceptors (Lipinski definition) is 0. The van der Waals surface area contributed by atoms with E-state index < -0.39 is 0 Å². The van der Waals surface area contributed by atoms with Gasteiger partial charge in [0.15, 0.2) is 0 Å². The van der Waals surface area contributed by atoms with Crippen molar-refractivity contribution in [1.29, 1.82) is 0 Å². The molecule has 0 radical (unpaired) electrons. The summed E-state index contributed by atoms with van der Waals surface area (Å²) in [6.45, 7) is 6.02. The molecular formula is C31H33F. The van der Waals surface area contributed by atoms with E-state index in [2.05, 4.69) is 55.7 Å². The molecule has 164 valence electrons. The van der Waals surface area contributed by atoms with Crippen LogP contribution in [0.4, 0.5) is 4.39 Å². The highest BCUT2D eigenvalue weighted by Gasteiger charge is 2.24. The molecule has 32 heavy (non-hydrogen) atoms. The minimum Gasteiger partial charge on any atom is -0.206 e. The molecule has 0 nitrogen and oxygen atoms in total. The van der Waals surface area contributed by atoms with Gasteiger partial charge in [0.25, 0.3) is 0 Å². The average Bonchev–Trinajstić information content (AvgIpc) is 2.83. The van der Waals surface area contributed by atoms with Crippen LogP contribution < -0.4 is 0 Å². The third kappa shape index (κ3) is 5.31. The first-order chi connectivity index (χ1) is 15.7. The van der Waals surface area contributed by atoms with Gasteiger partial charge < -0.3 is 0 Å². The van der Waals surface area contributed by atoms with Gasteiger partial charge in [-0.05, 0) is 97.6 Å². The topological polar surface area (TPSA) is 0 Å². The molecule has 3 aromatic rings. The predicted molar refractivity (Wildman–Crippen MR) is 134 cm³/mol. The second-order valence-electron chi connectivity index (χ2n) is 9.19. The van der Waals surface area contributed by atoms with E-state index in [-0.39, 0.29) is 5.82 Å². The van der Waals surface area contributed by atoms with E-state index in [4.69, 9.17) is 0 Å². The lowest BCUT2D eigenvalue weighted by Crippen LogP contribution is -2.14. The van der Waals surface area contributed by atoms with Crippen molar-refractivity contribution in [2.45, 2.75) is 64.2 Å². The van der Waals surface area contributed by atoms with Crippen LogP contribution in [0.25, 0.3) is 10.8 Å². The molecule has 0 aliphatic heterocycles. The number of fused-ring (bicyclic) bond motifs is 1. The summed E-state index contributed by atoms with van der Waals surface area (Å²) in [6.07, 6.45) is 11.2. The predicted octanol–water partition coefficient (Wildman–Crippen LogP) is 8.57. The number of rotatable bonds is 6. The molecule has 0 aromatic heterocycles. The smallest absolute Gasteiger partial charge is 0.134 e. The normalized spacial score (nSPS) is 18.2. The second kappa shape index (κ2) is 10.6. The Morgan fingerprint density at radius 3 is 2.38 bits per heavy atom. The molecule has 1 saturated carbocycles. The fraction of sp³-hybridized carbons (Fsp3) is 0.355. The Bertz CT molecular complexity index is 1120. The Balaban J connectivity index is 1.49. The van der Waals surface area contributed by atoms with Crippen LogP contribution >= 0.6 is 0 Å². The quantitative estimate of drug-likeness (QED) is 0.274. The van der Waals surface area contributed by atoms with Gasteiger partial charge in [0.05, 0.1) is 0 Å². The molecule has 1 fully saturated rings. The molecule has 4 rings (SSSR count). The first-order valence-electron chi connectivity index (χ1n) is 12.1. The number of benzene rings is 3. The third-order valence-corrected chi connectivity index (χ3v) is 6.89. The summed E-state index contributed by atoms with van der Waals surface area (Å²) in [4.78, 5) is 0. The number of hydrogen-bond donors (Lipinski definition) is 0. The van der Waals surface area contributed by atoms with Crippen LogP contribution in [0.5, 0.6) is 0 Å². The highest BCUT2D eigenvalue weighted by atomic mass is 19.1. The summed E-state index contributed by atoms with van der Waals surface area (Å²) >= 11 is 0. The highest BCUT2D eigenvalue weighted by molar-refractivity contribution is 5.85. The molecule has 1 aliphatic carbocycles. The summed E-state index contributed by atoms with van der Waals surface area (Å²) in [7, 11) is 0. The second-order valence-corrected chi connectivity index (χ2v) is 9.19. The summed E-state index contributed by atoms with van der Waals surface area (Å²) in [5.74, 6) is 7.56. The molecule has 0 atom stereocenters. The lowest BCUT2D eigenvalue weighted by atomic mass is 9.76. The van der Waals surface area contributed by atoms with Gasteiger partial charge in [0.1, 0.15) is 5.82 Å². The summed E-state index contributed by atoms with van der Waals surface area (Å²) in [5.41, 5.74) is 4.17. The summed E-state index contributed by atoms with van der Waals surface area (Å²) in [5, 5.41) is 1.64. The van der Waals surface area contributed by atoms with Crippen molar-refractivity contribution in [2.24, 2.45) is 5.92 Å². The first-order valence-corrected chi connectivity index (χ1v) is 12.1.